The summed E-state index contributed by atoms with van der Waals surface area (Å²) in [7, 11) is 0. The normalized spacial score (nSPS) is 18.8. The molecule has 2 rings (SSSR count). The van der Waals surface area contributed by atoms with Crippen LogP contribution in [-0.4, -0.2) is 52.2 Å². The van der Waals surface area contributed by atoms with Crippen LogP contribution in [0.1, 0.15) is 18.9 Å². The summed E-state index contributed by atoms with van der Waals surface area (Å²) in [5.41, 5.74) is 2.52. The van der Waals surface area contributed by atoms with Crippen LogP contribution in [0.3, 0.4) is 0 Å². The van der Waals surface area contributed by atoms with E-state index in [2.05, 4.69) is 39.3 Å². The third-order valence-corrected chi connectivity index (χ3v) is 3.93. The van der Waals surface area contributed by atoms with Crippen LogP contribution < -0.4 is 11.3 Å². The van der Waals surface area contributed by atoms with Gasteiger partial charge in [-0.3, -0.25) is 15.2 Å². The molecule has 1 aromatic heterocycles. The van der Waals surface area contributed by atoms with Gasteiger partial charge in [-0.25, -0.2) is 5.84 Å². The fraction of sp³-hybridized carbons (Fsp3) is 0.800. The van der Waals surface area contributed by atoms with Crippen molar-refractivity contribution in [1.82, 2.24) is 20.0 Å². The Morgan fingerprint density at radius 3 is 2.53 bits per heavy atom. The molecule has 0 saturated carbocycles. The number of nitrogens with two attached hydrogens (primary N) is 1. The zero-order chi connectivity index (χ0) is 12.3. The van der Waals surface area contributed by atoms with Crippen molar-refractivity contribution in [2.24, 2.45) is 5.84 Å². The molecule has 3 N–H and O–H groups in total. The number of piperazine rings is 1. The number of hydrogen-bond acceptors (Lipinski definition) is 7. The third kappa shape index (κ3) is 3.35. The molecule has 2 heterocycles. The minimum absolute atomic E-state index is 0.645. The van der Waals surface area contributed by atoms with Crippen molar-refractivity contribution in [1.29, 1.82) is 0 Å². The van der Waals surface area contributed by atoms with Crippen LogP contribution in [0.15, 0.2) is 0 Å². The number of hydrogen-bond donors (Lipinski definition) is 2. The summed E-state index contributed by atoms with van der Waals surface area (Å²) >= 11 is 1.52. The SMILES string of the molecule is CC(C)N1CCN(Cc2nnc(NN)s2)CC1. The van der Waals surface area contributed by atoms with Gasteiger partial charge < -0.3 is 0 Å². The first-order valence-electron chi connectivity index (χ1n) is 5.94. The number of aromatic nitrogens is 2. The second kappa shape index (κ2) is 5.72. The molecule has 1 saturated heterocycles. The zero-order valence-corrected chi connectivity index (χ0v) is 11.2. The molecule has 1 fully saturated rings. The average Bonchev–Trinajstić information content (AvgIpc) is 2.77. The minimum atomic E-state index is 0.645. The van der Waals surface area contributed by atoms with E-state index in [1.165, 1.54) is 11.3 Å². The Bertz CT molecular complexity index is 344. The van der Waals surface area contributed by atoms with Crippen LogP contribution >= 0.6 is 11.3 Å². The van der Waals surface area contributed by atoms with Gasteiger partial charge in [0.05, 0.1) is 6.54 Å². The summed E-state index contributed by atoms with van der Waals surface area (Å²) in [5, 5.41) is 9.75. The first-order valence-corrected chi connectivity index (χ1v) is 6.76. The van der Waals surface area contributed by atoms with Crippen molar-refractivity contribution in [3.8, 4) is 0 Å². The highest BCUT2D eigenvalue weighted by atomic mass is 32.1. The van der Waals surface area contributed by atoms with E-state index in [9.17, 15) is 0 Å². The van der Waals surface area contributed by atoms with Gasteiger partial charge in [-0.1, -0.05) is 11.3 Å². The van der Waals surface area contributed by atoms with Crippen LogP contribution in [0.25, 0.3) is 0 Å². The van der Waals surface area contributed by atoms with Gasteiger partial charge in [-0.05, 0) is 13.8 Å². The highest BCUT2D eigenvalue weighted by molar-refractivity contribution is 7.15. The van der Waals surface area contributed by atoms with Crippen molar-refractivity contribution in [3.05, 3.63) is 5.01 Å². The number of hydrazine groups is 1. The second-order valence-corrected chi connectivity index (χ2v) is 5.61. The van der Waals surface area contributed by atoms with Crippen molar-refractivity contribution < 1.29 is 0 Å². The first kappa shape index (κ1) is 12.7. The summed E-state index contributed by atoms with van der Waals surface area (Å²) in [6, 6.07) is 0.645. The van der Waals surface area contributed by atoms with E-state index < -0.39 is 0 Å². The highest BCUT2D eigenvalue weighted by Crippen LogP contribution is 2.16. The van der Waals surface area contributed by atoms with Crippen molar-refractivity contribution >= 4 is 16.5 Å². The summed E-state index contributed by atoms with van der Waals surface area (Å²) < 4.78 is 0. The predicted octanol–water partition coefficient (Wildman–Crippen LogP) is 0.350. The van der Waals surface area contributed by atoms with E-state index in [1.54, 1.807) is 0 Å². The summed E-state index contributed by atoms with van der Waals surface area (Å²) in [6.45, 7) is 9.85. The molecule has 1 aliphatic heterocycles. The number of nitrogens with one attached hydrogen (secondary N) is 1. The minimum Gasteiger partial charge on any atom is -0.298 e. The lowest BCUT2D eigenvalue weighted by Gasteiger charge is -2.36. The molecule has 96 valence electrons. The molecular weight excluding hydrogens is 236 g/mol. The van der Waals surface area contributed by atoms with E-state index in [0.29, 0.717) is 11.2 Å². The van der Waals surface area contributed by atoms with E-state index >= 15 is 0 Å². The maximum atomic E-state index is 5.29. The Balaban J connectivity index is 1.81. The Hall–Kier alpha value is -0.760. The lowest BCUT2D eigenvalue weighted by atomic mass is 10.2. The molecule has 0 aliphatic carbocycles. The Morgan fingerprint density at radius 2 is 2.00 bits per heavy atom. The van der Waals surface area contributed by atoms with Crippen molar-refractivity contribution in [3.63, 3.8) is 0 Å². The van der Waals surface area contributed by atoms with Gasteiger partial charge in [0.15, 0.2) is 0 Å². The number of nitrogens with zero attached hydrogens (tertiary/aromatic N) is 4. The molecule has 7 heteroatoms. The van der Waals surface area contributed by atoms with Gasteiger partial charge in [-0.15, -0.1) is 10.2 Å². The van der Waals surface area contributed by atoms with E-state index in [0.717, 1.165) is 37.7 Å². The van der Waals surface area contributed by atoms with Gasteiger partial charge in [0.25, 0.3) is 0 Å². The van der Waals surface area contributed by atoms with Gasteiger partial charge in [-0.2, -0.15) is 0 Å². The Kier molecular flexibility index (Phi) is 4.27. The topological polar surface area (TPSA) is 70.3 Å². The van der Waals surface area contributed by atoms with Crippen LogP contribution in [-0.2, 0) is 6.54 Å². The zero-order valence-electron chi connectivity index (χ0n) is 10.4. The van der Waals surface area contributed by atoms with Gasteiger partial charge in [0.2, 0.25) is 5.13 Å². The molecule has 0 amide bonds. The van der Waals surface area contributed by atoms with Crippen LogP contribution in [0.5, 0.6) is 0 Å². The molecule has 0 atom stereocenters. The van der Waals surface area contributed by atoms with Gasteiger partial charge in [0, 0.05) is 32.2 Å². The lowest BCUT2D eigenvalue weighted by molar-refractivity contribution is 0.104. The molecule has 17 heavy (non-hydrogen) atoms. The van der Waals surface area contributed by atoms with Crippen LogP contribution in [0.4, 0.5) is 5.13 Å². The summed E-state index contributed by atoms with van der Waals surface area (Å²) in [5.74, 6) is 5.29. The largest absolute Gasteiger partial charge is 0.298 e. The molecule has 0 spiro atoms. The highest BCUT2D eigenvalue weighted by Gasteiger charge is 2.19. The van der Waals surface area contributed by atoms with E-state index in [1.807, 2.05) is 0 Å². The predicted molar refractivity (Wildman–Crippen MR) is 69.7 cm³/mol. The number of rotatable bonds is 4. The molecule has 6 nitrogen and oxygen atoms in total. The molecule has 0 radical (unpaired) electrons. The van der Waals surface area contributed by atoms with E-state index in [4.69, 9.17) is 5.84 Å². The first-order chi connectivity index (χ1) is 8.19. The quantitative estimate of drug-likeness (QED) is 0.598. The van der Waals surface area contributed by atoms with Crippen LogP contribution in [0.2, 0.25) is 0 Å². The maximum Gasteiger partial charge on any atom is 0.219 e. The fourth-order valence-electron chi connectivity index (χ4n) is 2.00. The van der Waals surface area contributed by atoms with Gasteiger partial charge in [0.1, 0.15) is 5.01 Å². The fourth-order valence-corrected chi connectivity index (χ4v) is 2.70. The van der Waals surface area contributed by atoms with Crippen LogP contribution in [0, 0.1) is 0 Å². The molecule has 0 aromatic carbocycles. The van der Waals surface area contributed by atoms with Crippen molar-refractivity contribution in [2.45, 2.75) is 26.4 Å². The molecule has 1 aliphatic rings. The lowest BCUT2D eigenvalue weighted by Crippen LogP contribution is -2.48. The molecule has 0 bridgehead atoms. The molecular formula is C10H20N6S. The van der Waals surface area contributed by atoms with E-state index in [-0.39, 0.29) is 0 Å². The standard InChI is InChI=1S/C10H20N6S/c1-8(2)16-5-3-15(4-6-16)7-9-13-14-10(12-11)17-9/h8H,3-7,11H2,1-2H3,(H,12,14). The molecule has 0 unspecified atom stereocenters. The monoisotopic (exact) mass is 256 g/mol. The summed E-state index contributed by atoms with van der Waals surface area (Å²) in [4.78, 5) is 4.92. The summed E-state index contributed by atoms with van der Waals surface area (Å²) in [6.07, 6.45) is 0. The second-order valence-electron chi connectivity index (χ2n) is 4.55. The smallest absolute Gasteiger partial charge is 0.219 e. The molecule has 1 aromatic rings. The van der Waals surface area contributed by atoms with Crippen molar-refractivity contribution in [2.75, 3.05) is 31.6 Å². The average molecular weight is 256 g/mol. The Labute approximate surface area is 106 Å². The maximum absolute atomic E-state index is 5.29. The number of anilines is 1. The third-order valence-electron chi connectivity index (χ3n) is 3.09. The Morgan fingerprint density at radius 1 is 1.29 bits per heavy atom. The van der Waals surface area contributed by atoms with Gasteiger partial charge >= 0.3 is 0 Å². The number of nitrogen functional groups attached to an aromatic ring is 1.